The number of nitrogens with zero attached hydrogens (tertiary/aromatic N) is 1. The van der Waals surface area contributed by atoms with Crippen molar-refractivity contribution < 1.29 is 4.79 Å². The molecule has 0 saturated carbocycles. The molecular weight excluding hydrogens is 218 g/mol. The van der Waals surface area contributed by atoms with Crippen molar-refractivity contribution in [2.24, 2.45) is 0 Å². The second-order valence-corrected chi connectivity index (χ2v) is 4.90. The molecule has 1 aromatic carbocycles. The number of carbonyl (C=O) groups excluding carboxylic acids is 1. The number of benzene rings is 1. The summed E-state index contributed by atoms with van der Waals surface area (Å²) in [6.45, 7) is 0. The van der Waals surface area contributed by atoms with Crippen LogP contribution in [0.5, 0.6) is 0 Å². The van der Waals surface area contributed by atoms with Crippen LogP contribution in [-0.4, -0.2) is 17.9 Å². The van der Waals surface area contributed by atoms with Gasteiger partial charge in [0.05, 0.1) is 6.04 Å². The van der Waals surface area contributed by atoms with Crippen LogP contribution in [0.15, 0.2) is 41.8 Å². The predicted molar refractivity (Wildman–Crippen MR) is 64.7 cm³/mol. The van der Waals surface area contributed by atoms with E-state index >= 15 is 0 Å². The number of hydrogen-bond acceptors (Lipinski definition) is 2. The van der Waals surface area contributed by atoms with Crippen molar-refractivity contribution in [3.63, 3.8) is 0 Å². The molecule has 3 rings (SSSR count). The molecule has 0 N–H and O–H groups in total. The van der Waals surface area contributed by atoms with E-state index in [9.17, 15) is 4.79 Å². The minimum Gasteiger partial charge on any atom is -0.330 e. The highest BCUT2D eigenvalue weighted by molar-refractivity contribution is 7.10. The first kappa shape index (κ1) is 9.60. The molecule has 0 radical (unpaired) electrons. The lowest BCUT2D eigenvalue weighted by Crippen LogP contribution is -2.23. The van der Waals surface area contributed by atoms with Crippen molar-refractivity contribution in [1.29, 1.82) is 0 Å². The quantitative estimate of drug-likeness (QED) is 0.736. The van der Waals surface area contributed by atoms with Gasteiger partial charge in [-0.05, 0) is 23.1 Å². The highest BCUT2D eigenvalue weighted by atomic mass is 32.1. The molecule has 0 aliphatic carbocycles. The SMILES string of the molecule is CN1C(=O)c2ccccc2C1c1cccs1. The number of carbonyl (C=O) groups is 1. The molecule has 0 spiro atoms. The van der Waals surface area contributed by atoms with Gasteiger partial charge < -0.3 is 4.90 Å². The zero-order valence-electron chi connectivity index (χ0n) is 8.88. The van der Waals surface area contributed by atoms with Gasteiger partial charge in [-0.1, -0.05) is 24.3 Å². The van der Waals surface area contributed by atoms with Crippen molar-refractivity contribution in [3.05, 3.63) is 57.8 Å². The third-order valence-electron chi connectivity index (χ3n) is 3.01. The third-order valence-corrected chi connectivity index (χ3v) is 3.93. The summed E-state index contributed by atoms with van der Waals surface area (Å²) in [4.78, 5) is 15.1. The first-order chi connectivity index (χ1) is 7.79. The van der Waals surface area contributed by atoms with Crippen LogP contribution >= 0.6 is 11.3 Å². The molecule has 1 amide bonds. The Morgan fingerprint density at radius 3 is 2.75 bits per heavy atom. The summed E-state index contributed by atoms with van der Waals surface area (Å²) in [7, 11) is 1.87. The van der Waals surface area contributed by atoms with Gasteiger partial charge in [0, 0.05) is 17.5 Å². The summed E-state index contributed by atoms with van der Waals surface area (Å²) in [5.74, 6) is 0.119. The molecule has 0 fully saturated rings. The molecular formula is C13H11NOS. The van der Waals surface area contributed by atoms with Crippen LogP contribution in [0.1, 0.15) is 26.8 Å². The highest BCUT2D eigenvalue weighted by Gasteiger charge is 2.35. The van der Waals surface area contributed by atoms with Crippen molar-refractivity contribution in [2.45, 2.75) is 6.04 Å². The highest BCUT2D eigenvalue weighted by Crippen LogP contribution is 2.38. The van der Waals surface area contributed by atoms with E-state index in [0.29, 0.717) is 0 Å². The monoisotopic (exact) mass is 229 g/mol. The lowest BCUT2D eigenvalue weighted by atomic mass is 10.0. The summed E-state index contributed by atoms with van der Waals surface area (Å²) >= 11 is 1.70. The maximum absolute atomic E-state index is 12.0. The number of hydrogen-bond donors (Lipinski definition) is 0. The first-order valence-electron chi connectivity index (χ1n) is 5.18. The molecule has 2 nitrogen and oxygen atoms in total. The molecule has 2 heterocycles. The summed E-state index contributed by atoms with van der Waals surface area (Å²) in [5, 5.41) is 2.05. The number of amides is 1. The van der Waals surface area contributed by atoms with E-state index in [-0.39, 0.29) is 11.9 Å². The van der Waals surface area contributed by atoms with Gasteiger partial charge in [-0.2, -0.15) is 0 Å². The summed E-state index contributed by atoms with van der Waals surface area (Å²) in [6.07, 6.45) is 0. The van der Waals surface area contributed by atoms with Gasteiger partial charge in [-0.25, -0.2) is 0 Å². The molecule has 1 aliphatic heterocycles. The number of thiophene rings is 1. The Morgan fingerprint density at radius 2 is 2.00 bits per heavy atom. The molecule has 1 unspecified atom stereocenters. The van der Waals surface area contributed by atoms with E-state index in [1.54, 1.807) is 11.3 Å². The van der Waals surface area contributed by atoms with Crippen LogP contribution in [0, 0.1) is 0 Å². The normalized spacial score (nSPS) is 18.9. The van der Waals surface area contributed by atoms with Crippen LogP contribution in [0.25, 0.3) is 0 Å². The van der Waals surface area contributed by atoms with Crippen LogP contribution in [0.3, 0.4) is 0 Å². The largest absolute Gasteiger partial charge is 0.330 e. The van der Waals surface area contributed by atoms with Crippen molar-refractivity contribution in [2.75, 3.05) is 7.05 Å². The molecule has 0 saturated heterocycles. The average Bonchev–Trinajstić information content (AvgIpc) is 2.89. The zero-order valence-corrected chi connectivity index (χ0v) is 9.70. The molecule has 16 heavy (non-hydrogen) atoms. The van der Waals surface area contributed by atoms with Gasteiger partial charge >= 0.3 is 0 Å². The third kappa shape index (κ3) is 1.21. The van der Waals surface area contributed by atoms with E-state index in [4.69, 9.17) is 0 Å². The molecule has 2 aromatic rings. The topological polar surface area (TPSA) is 20.3 Å². The van der Waals surface area contributed by atoms with Crippen molar-refractivity contribution in [3.8, 4) is 0 Å². The van der Waals surface area contributed by atoms with Gasteiger partial charge in [0.25, 0.3) is 5.91 Å². The second kappa shape index (κ2) is 3.46. The standard InChI is InChI=1S/C13H11NOS/c1-14-12(11-7-4-8-16-11)9-5-2-3-6-10(9)13(14)15/h2-8,12H,1H3. The number of rotatable bonds is 1. The number of fused-ring (bicyclic) bond motifs is 1. The smallest absolute Gasteiger partial charge is 0.254 e. The van der Waals surface area contributed by atoms with Gasteiger partial charge in [0.1, 0.15) is 0 Å². The Hall–Kier alpha value is -1.61. The Kier molecular flexibility index (Phi) is 2.07. The molecule has 1 aromatic heterocycles. The Bertz CT molecular complexity index is 533. The lowest BCUT2D eigenvalue weighted by Gasteiger charge is -2.19. The summed E-state index contributed by atoms with van der Waals surface area (Å²) in [6, 6.07) is 12.1. The van der Waals surface area contributed by atoms with E-state index in [1.165, 1.54) is 4.88 Å². The van der Waals surface area contributed by atoms with E-state index in [0.717, 1.165) is 11.1 Å². The summed E-state index contributed by atoms with van der Waals surface area (Å²) < 4.78 is 0. The van der Waals surface area contributed by atoms with Gasteiger partial charge in [0.15, 0.2) is 0 Å². The molecule has 3 heteroatoms. The van der Waals surface area contributed by atoms with Gasteiger partial charge in [0.2, 0.25) is 0 Å². The Morgan fingerprint density at radius 1 is 1.19 bits per heavy atom. The van der Waals surface area contributed by atoms with Crippen LogP contribution in [-0.2, 0) is 0 Å². The van der Waals surface area contributed by atoms with Gasteiger partial charge in [-0.15, -0.1) is 11.3 Å². The van der Waals surface area contributed by atoms with Crippen LogP contribution in [0.2, 0.25) is 0 Å². The lowest BCUT2D eigenvalue weighted by molar-refractivity contribution is 0.0795. The van der Waals surface area contributed by atoms with Crippen LogP contribution in [0.4, 0.5) is 0 Å². The molecule has 1 atom stereocenters. The first-order valence-corrected chi connectivity index (χ1v) is 6.06. The minimum absolute atomic E-state index is 0.101. The fourth-order valence-electron chi connectivity index (χ4n) is 2.24. The fraction of sp³-hybridized carbons (Fsp3) is 0.154. The molecule has 80 valence electrons. The summed E-state index contributed by atoms with van der Waals surface area (Å²) in [5.41, 5.74) is 1.96. The zero-order chi connectivity index (χ0) is 11.1. The maximum atomic E-state index is 12.0. The average molecular weight is 229 g/mol. The van der Waals surface area contributed by atoms with Crippen molar-refractivity contribution in [1.82, 2.24) is 4.90 Å². The second-order valence-electron chi connectivity index (χ2n) is 3.92. The van der Waals surface area contributed by atoms with Crippen molar-refractivity contribution >= 4 is 17.2 Å². The predicted octanol–water partition coefficient (Wildman–Crippen LogP) is 2.92. The van der Waals surface area contributed by atoms with E-state index in [2.05, 4.69) is 11.4 Å². The molecule has 0 bridgehead atoms. The van der Waals surface area contributed by atoms with E-state index < -0.39 is 0 Å². The Balaban J connectivity index is 2.18. The maximum Gasteiger partial charge on any atom is 0.254 e. The minimum atomic E-state index is 0.101. The van der Waals surface area contributed by atoms with E-state index in [1.807, 2.05) is 42.3 Å². The van der Waals surface area contributed by atoms with Crippen LogP contribution < -0.4 is 0 Å². The van der Waals surface area contributed by atoms with Gasteiger partial charge in [-0.3, -0.25) is 4.79 Å². The fourth-order valence-corrected chi connectivity index (χ4v) is 3.12. The molecule has 1 aliphatic rings. The Labute approximate surface area is 98.1 Å².